The summed E-state index contributed by atoms with van der Waals surface area (Å²) in [5.74, 6) is 0.354. The van der Waals surface area contributed by atoms with Gasteiger partial charge in [0, 0.05) is 5.56 Å². The van der Waals surface area contributed by atoms with E-state index in [-0.39, 0.29) is 11.5 Å². The molecule has 0 saturated heterocycles. The summed E-state index contributed by atoms with van der Waals surface area (Å²) in [4.78, 5) is 0. The monoisotopic (exact) mass is 193 g/mol. The highest BCUT2D eigenvalue weighted by atomic mass is 16.3. The maximum Gasteiger partial charge on any atom is 0.160 e. The maximum atomic E-state index is 9.67. The molecule has 14 heavy (non-hydrogen) atoms. The topological polar surface area (TPSA) is 66.5 Å². The van der Waals surface area contributed by atoms with Crippen LogP contribution in [0.1, 0.15) is 29.9 Å². The van der Waals surface area contributed by atoms with Gasteiger partial charge in [0.15, 0.2) is 11.5 Å². The van der Waals surface area contributed by atoms with Crippen molar-refractivity contribution in [3.8, 4) is 11.5 Å². The van der Waals surface area contributed by atoms with Crippen LogP contribution in [0.5, 0.6) is 11.5 Å². The van der Waals surface area contributed by atoms with Crippen molar-refractivity contribution >= 4 is 0 Å². The molecule has 0 unspecified atom stereocenters. The molecule has 0 heterocycles. The third-order valence-electron chi connectivity index (χ3n) is 3.00. The van der Waals surface area contributed by atoms with Crippen LogP contribution in [0.15, 0.2) is 12.1 Å². The Kier molecular flexibility index (Phi) is 2.33. The smallest absolute Gasteiger partial charge is 0.160 e. The van der Waals surface area contributed by atoms with Gasteiger partial charge in [0.05, 0.1) is 0 Å². The SMILES string of the molecule is NC[C@@H]1CCCc2c1ccc(O)c2O. The number of benzene rings is 1. The van der Waals surface area contributed by atoms with Crippen molar-refractivity contribution in [3.63, 3.8) is 0 Å². The number of aromatic hydroxyl groups is 2. The molecule has 3 heteroatoms. The average molecular weight is 193 g/mol. The van der Waals surface area contributed by atoms with Gasteiger partial charge in [-0.1, -0.05) is 6.07 Å². The van der Waals surface area contributed by atoms with E-state index < -0.39 is 0 Å². The molecule has 0 aliphatic heterocycles. The summed E-state index contributed by atoms with van der Waals surface area (Å²) < 4.78 is 0. The number of fused-ring (bicyclic) bond motifs is 1. The highest BCUT2D eigenvalue weighted by Crippen LogP contribution is 2.40. The Bertz CT molecular complexity index is 349. The van der Waals surface area contributed by atoms with Crippen molar-refractivity contribution in [3.05, 3.63) is 23.3 Å². The summed E-state index contributed by atoms with van der Waals surface area (Å²) in [6.07, 6.45) is 2.95. The summed E-state index contributed by atoms with van der Waals surface area (Å²) >= 11 is 0. The number of hydrogen-bond donors (Lipinski definition) is 3. The van der Waals surface area contributed by atoms with Crippen LogP contribution < -0.4 is 5.73 Å². The molecular formula is C11H15NO2. The number of phenolic OH excluding ortho intramolecular Hbond substituents is 2. The zero-order valence-electron chi connectivity index (χ0n) is 8.03. The Hall–Kier alpha value is -1.22. The molecule has 4 N–H and O–H groups in total. The van der Waals surface area contributed by atoms with Gasteiger partial charge in [-0.3, -0.25) is 0 Å². The molecule has 0 amide bonds. The van der Waals surface area contributed by atoms with E-state index in [0.717, 1.165) is 30.4 Å². The van der Waals surface area contributed by atoms with Crippen molar-refractivity contribution in [2.45, 2.75) is 25.2 Å². The van der Waals surface area contributed by atoms with Gasteiger partial charge in [-0.05, 0) is 43.4 Å². The first-order valence-electron chi connectivity index (χ1n) is 4.97. The number of hydrogen-bond acceptors (Lipinski definition) is 3. The molecule has 1 atom stereocenters. The summed E-state index contributed by atoms with van der Waals surface area (Å²) in [6, 6.07) is 3.42. The molecule has 1 aliphatic carbocycles. The average Bonchev–Trinajstić information content (AvgIpc) is 2.23. The fourth-order valence-electron chi connectivity index (χ4n) is 2.21. The molecule has 0 saturated carbocycles. The highest BCUT2D eigenvalue weighted by molar-refractivity contribution is 5.51. The van der Waals surface area contributed by atoms with E-state index in [1.165, 1.54) is 0 Å². The first-order chi connectivity index (χ1) is 6.74. The molecule has 0 spiro atoms. The van der Waals surface area contributed by atoms with Crippen LogP contribution >= 0.6 is 0 Å². The fourth-order valence-corrected chi connectivity index (χ4v) is 2.21. The molecule has 0 radical (unpaired) electrons. The normalized spacial score (nSPS) is 20.5. The van der Waals surface area contributed by atoms with Crippen LogP contribution in [-0.4, -0.2) is 16.8 Å². The molecule has 76 valence electrons. The van der Waals surface area contributed by atoms with Crippen molar-refractivity contribution in [1.29, 1.82) is 0 Å². The molecule has 1 aliphatic rings. The van der Waals surface area contributed by atoms with E-state index in [1.54, 1.807) is 6.07 Å². The number of rotatable bonds is 1. The zero-order valence-corrected chi connectivity index (χ0v) is 8.03. The first kappa shape index (κ1) is 9.34. The Balaban J connectivity index is 2.50. The fraction of sp³-hybridized carbons (Fsp3) is 0.455. The van der Waals surface area contributed by atoms with Crippen LogP contribution in [0.4, 0.5) is 0 Å². The molecule has 1 aromatic carbocycles. The van der Waals surface area contributed by atoms with Crippen molar-refractivity contribution in [1.82, 2.24) is 0 Å². The third-order valence-corrected chi connectivity index (χ3v) is 3.00. The summed E-state index contributed by atoms with van der Waals surface area (Å²) in [6.45, 7) is 0.608. The molecule has 1 aromatic rings. The van der Waals surface area contributed by atoms with Crippen LogP contribution in [-0.2, 0) is 6.42 Å². The molecule has 0 bridgehead atoms. The first-order valence-corrected chi connectivity index (χ1v) is 4.97. The van der Waals surface area contributed by atoms with Crippen LogP contribution in [0.3, 0.4) is 0 Å². The predicted octanol–water partition coefficient (Wildman–Crippen LogP) is 1.48. The van der Waals surface area contributed by atoms with E-state index >= 15 is 0 Å². The largest absolute Gasteiger partial charge is 0.504 e. The van der Waals surface area contributed by atoms with Crippen molar-refractivity contribution < 1.29 is 10.2 Å². The van der Waals surface area contributed by atoms with E-state index in [9.17, 15) is 10.2 Å². The van der Waals surface area contributed by atoms with Gasteiger partial charge >= 0.3 is 0 Å². The lowest BCUT2D eigenvalue weighted by atomic mass is 9.82. The quantitative estimate of drug-likeness (QED) is 0.592. The molecular weight excluding hydrogens is 178 g/mol. The van der Waals surface area contributed by atoms with E-state index in [0.29, 0.717) is 12.5 Å². The zero-order chi connectivity index (χ0) is 10.1. The van der Waals surface area contributed by atoms with Crippen molar-refractivity contribution in [2.24, 2.45) is 5.73 Å². The van der Waals surface area contributed by atoms with Gasteiger partial charge in [0.25, 0.3) is 0 Å². The lowest BCUT2D eigenvalue weighted by Gasteiger charge is -2.25. The van der Waals surface area contributed by atoms with Gasteiger partial charge in [-0.25, -0.2) is 0 Å². The van der Waals surface area contributed by atoms with E-state index in [1.807, 2.05) is 6.07 Å². The summed E-state index contributed by atoms with van der Waals surface area (Å²) in [7, 11) is 0. The Morgan fingerprint density at radius 3 is 2.86 bits per heavy atom. The van der Waals surface area contributed by atoms with Gasteiger partial charge in [0.2, 0.25) is 0 Å². The third kappa shape index (κ3) is 1.34. The molecule has 0 fully saturated rings. The van der Waals surface area contributed by atoms with Gasteiger partial charge in [-0.15, -0.1) is 0 Å². The van der Waals surface area contributed by atoms with Gasteiger partial charge in [-0.2, -0.15) is 0 Å². The van der Waals surface area contributed by atoms with Crippen LogP contribution in [0.25, 0.3) is 0 Å². The molecule has 3 nitrogen and oxygen atoms in total. The van der Waals surface area contributed by atoms with Gasteiger partial charge in [0.1, 0.15) is 0 Å². The summed E-state index contributed by atoms with van der Waals surface area (Å²) in [5, 5.41) is 19.0. The Morgan fingerprint density at radius 2 is 2.14 bits per heavy atom. The Labute approximate surface area is 83.2 Å². The second-order valence-electron chi connectivity index (χ2n) is 3.83. The minimum absolute atomic E-state index is 0.0265. The highest BCUT2D eigenvalue weighted by Gasteiger charge is 2.22. The Morgan fingerprint density at radius 1 is 1.36 bits per heavy atom. The minimum Gasteiger partial charge on any atom is -0.504 e. The maximum absolute atomic E-state index is 9.67. The molecule has 0 aromatic heterocycles. The predicted molar refractivity (Wildman–Crippen MR) is 54.5 cm³/mol. The minimum atomic E-state index is -0.0265. The van der Waals surface area contributed by atoms with E-state index in [4.69, 9.17) is 5.73 Å². The second kappa shape index (κ2) is 3.50. The van der Waals surface area contributed by atoms with Crippen LogP contribution in [0.2, 0.25) is 0 Å². The van der Waals surface area contributed by atoms with Gasteiger partial charge < -0.3 is 15.9 Å². The standard InChI is InChI=1S/C11H15NO2/c12-6-7-2-1-3-9-8(7)4-5-10(13)11(9)14/h4-5,7,13-14H,1-3,6,12H2/t7-/m0/s1. The number of phenols is 2. The van der Waals surface area contributed by atoms with E-state index in [2.05, 4.69) is 0 Å². The summed E-state index contributed by atoms with van der Waals surface area (Å²) in [5.41, 5.74) is 7.65. The van der Waals surface area contributed by atoms with Crippen molar-refractivity contribution in [2.75, 3.05) is 6.54 Å². The lowest BCUT2D eigenvalue weighted by Crippen LogP contribution is -2.18. The molecule has 2 rings (SSSR count). The number of nitrogens with two attached hydrogens (primary N) is 1. The van der Waals surface area contributed by atoms with Crippen LogP contribution in [0, 0.1) is 0 Å². The second-order valence-corrected chi connectivity index (χ2v) is 3.83. The lowest BCUT2D eigenvalue weighted by molar-refractivity contribution is 0.393.